The van der Waals surface area contributed by atoms with Crippen LogP contribution in [0.1, 0.15) is 20.3 Å². The maximum Gasteiger partial charge on any atom is 0.418 e. The summed E-state index contributed by atoms with van der Waals surface area (Å²) in [5.41, 5.74) is 0. The van der Waals surface area contributed by atoms with E-state index >= 15 is 0 Å². The van der Waals surface area contributed by atoms with E-state index in [1.54, 1.807) is 0 Å². The molecule has 19 heavy (non-hydrogen) atoms. The normalized spacial score (nSPS) is 31.7. The highest BCUT2D eigenvalue weighted by molar-refractivity contribution is 5.67. The van der Waals surface area contributed by atoms with Crippen LogP contribution < -0.4 is 0 Å². The van der Waals surface area contributed by atoms with Crippen LogP contribution in [0.4, 0.5) is 13.2 Å². The van der Waals surface area contributed by atoms with Gasteiger partial charge in [-0.2, -0.15) is 13.2 Å². The van der Waals surface area contributed by atoms with Gasteiger partial charge in [-0.15, -0.1) is 0 Å². The molecule has 4 unspecified atom stereocenters. The van der Waals surface area contributed by atoms with Gasteiger partial charge in [-0.25, -0.2) is 0 Å². The first-order valence-corrected chi connectivity index (χ1v) is 5.36. The first kappa shape index (κ1) is 15.7. The van der Waals surface area contributed by atoms with Gasteiger partial charge in [0.2, 0.25) is 0 Å². The molecule has 0 amide bonds. The fourth-order valence-electron chi connectivity index (χ4n) is 1.75. The highest BCUT2D eigenvalue weighted by Gasteiger charge is 2.55. The Balaban J connectivity index is 2.98. The van der Waals surface area contributed by atoms with Crippen molar-refractivity contribution in [2.75, 3.05) is 0 Å². The Morgan fingerprint density at radius 2 is 1.74 bits per heavy atom. The number of ether oxygens (including phenoxy) is 3. The van der Waals surface area contributed by atoms with Gasteiger partial charge in [-0.3, -0.25) is 9.59 Å². The molecule has 1 heterocycles. The molecule has 4 atom stereocenters. The molecule has 0 aromatic carbocycles. The van der Waals surface area contributed by atoms with Crippen molar-refractivity contribution in [1.29, 1.82) is 0 Å². The first-order chi connectivity index (χ1) is 8.61. The predicted octanol–water partition coefficient (Wildman–Crippen LogP) is 0.519. The Kier molecular flexibility index (Phi) is 4.75. The van der Waals surface area contributed by atoms with Gasteiger partial charge in [0.05, 0.1) is 0 Å². The van der Waals surface area contributed by atoms with Gasteiger partial charge in [0.1, 0.15) is 6.10 Å². The van der Waals surface area contributed by atoms with Gasteiger partial charge >= 0.3 is 18.1 Å². The van der Waals surface area contributed by atoms with Gasteiger partial charge in [-0.1, -0.05) is 0 Å². The Morgan fingerprint density at radius 3 is 2.16 bits per heavy atom. The summed E-state index contributed by atoms with van der Waals surface area (Å²) >= 11 is 0. The van der Waals surface area contributed by atoms with Gasteiger partial charge in [0.15, 0.2) is 18.5 Å². The average Bonchev–Trinajstić information content (AvgIpc) is 2.18. The van der Waals surface area contributed by atoms with Gasteiger partial charge in [0.25, 0.3) is 0 Å². The summed E-state index contributed by atoms with van der Waals surface area (Å²) in [7, 11) is 0. The van der Waals surface area contributed by atoms with Crippen molar-refractivity contribution in [2.45, 2.75) is 51.0 Å². The van der Waals surface area contributed by atoms with Crippen LogP contribution in [0.5, 0.6) is 0 Å². The van der Waals surface area contributed by atoms with Crippen LogP contribution >= 0.6 is 0 Å². The molecule has 0 aromatic rings. The Hall–Kier alpha value is -1.35. The van der Waals surface area contributed by atoms with Crippen molar-refractivity contribution < 1.29 is 42.1 Å². The smallest absolute Gasteiger partial charge is 0.418 e. The molecule has 6 nitrogen and oxygen atoms in total. The van der Waals surface area contributed by atoms with E-state index < -0.39 is 49.1 Å². The zero-order valence-electron chi connectivity index (χ0n) is 10.1. The highest BCUT2D eigenvalue weighted by Crippen LogP contribution is 2.34. The lowest BCUT2D eigenvalue weighted by Crippen LogP contribution is -2.57. The molecule has 1 saturated heterocycles. The summed E-state index contributed by atoms with van der Waals surface area (Å²) in [5, 5.41) is 9.22. The van der Waals surface area contributed by atoms with Crippen LogP contribution in [0, 0.1) is 0 Å². The van der Waals surface area contributed by atoms with Crippen molar-refractivity contribution in [2.24, 2.45) is 0 Å². The number of aliphatic hydroxyl groups is 1. The predicted molar refractivity (Wildman–Crippen MR) is 52.7 cm³/mol. The van der Waals surface area contributed by atoms with Crippen LogP contribution in [-0.2, 0) is 23.8 Å². The minimum absolute atomic E-state index is 0.413. The average molecular weight is 286 g/mol. The molecular formula is C10H13F3O6. The standard InChI is InChI=1S/C10H13F3O6/c1-4(14)17-6-3-7(16)19-9(10(11,12)13)8(6)18-5(2)15/h6-9,16H,3H2,1-2H3. The lowest BCUT2D eigenvalue weighted by Gasteiger charge is -2.39. The molecule has 0 aliphatic carbocycles. The molecule has 0 spiro atoms. The molecule has 1 N–H and O–H groups in total. The SMILES string of the molecule is CC(=O)OC1CC(O)OC(C(F)(F)F)C1OC(C)=O. The van der Waals surface area contributed by atoms with E-state index in [1.807, 2.05) is 0 Å². The Bertz CT molecular complexity index is 356. The van der Waals surface area contributed by atoms with Crippen LogP contribution in [0.15, 0.2) is 0 Å². The van der Waals surface area contributed by atoms with E-state index in [2.05, 4.69) is 14.2 Å². The quantitative estimate of drug-likeness (QED) is 0.745. The summed E-state index contributed by atoms with van der Waals surface area (Å²) in [6, 6.07) is 0. The lowest BCUT2D eigenvalue weighted by molar-refractivity contribution is -0.322. The van der Waals surface area contributed by atoms with Crippen molar-refractivity contribution in [3.8, 4) is 0 Å². The molecule has 110 valence electrons. The number of hydrogen-bond acceptors (Lipinski definition) is 6. The Morgan fingerprint density at radius 1 is 1.21 bits per heavy atom. The number of carbonyl (C=O) groups is 2. The van der Waals surface area contributed by atoms with E-state index in [1.165, 1.54) is 0 Å². The van der Waals surface area contributed by atoms with Crippen molar-refractivity contribution in [3.63, 3.8) is 0 Å². The molecule has 1 aliphatic heterocycles. The van der Waals surface area contributed by atoms with E-state index in [-0.39, 0.29) is 0 Å². The minimum atomic E-state index is -4.88. The number of alkyl halides is 3. The van der Waals surface area contributed by atoms with Crippen molar-refractivity contribution in [1.82, 2.24) is 0 Å². The van der Waals surface area contributed by atoms with Crippen LogP contribution in [-0.4, -0.2) is 47.8 Å². The summed E-state index contributed by atoms with van der Waals surface area (Å²) in [4.78, 5) is 21.7. The van der Waals surface area contributed by atoms with Crippen molar-refractivity contribution >= 4 is 11.9 Å². The molecule has 0 aromatic heterocycles. The van der Waals surface area contributed by atoms with E-state index in [0.29, 0.717) is 0 Å². The molecule has 0 bridgehead atoms. The Labute approximate surface area is 106 Å². The first-order valence-electron chi connectivity index (χ1n) is 5.36. The number of hydrogen-bond donors (Lipinski definition) is 1. The van der Waals surface area contributed by atoms with E-state index in [4.69, 9.17) is 0 Å². The summed E-state index contributed by atoms with van der Waals surface area (Å²) in [5.74, 6) is -1.83. The van der Waals surface area contributed by atoms with Crippen molar-refractivity contribution in [3.05, 3.63) is 0 Å². The number of aliphatic hydroxyl groups excluding tert-OH is 1. The second kappa shape index (κ2) is 5.74. The van der Waals surface area contributed by atoms with Gasteiger partial charge in [-0.05, 0) is 0 Å². The molecule has 0 radical (unpaired) electrons. The van der Waals surface area contributed by atoms with Crippen LogP contribution in [0.3, 0.4) is 0 Å². The van der Waals surface area contributed by atoms with Gasteiger partial charge in [0, 0.05) is 20.3 Å². The maximum absolute atomic E-state index is 12.8. The fourth-order valence-corrected chi connectivity index (χ4v) is 1.75. The number of halogens is 3. The summed E-state index contributed by atoms with van der Waals surface area (Å²) in [6.45, 7) is 1.92. The van der Waals surface area contributed by atoms with E-state index in [0.717, 1.165) is 13.8 Å². The summed E-state index contributed by atoms with van der Waals surface area (Å²) in [6.07, 6.45) is -12.9. The fraction of sp³-hybridized carbons (Fsp3) is 0.800. The summed E-state index contributed by atoms with van der Waals surface area (Å²) < 4.78 is 51.8. The van der Waals surface area contributed by atoms with E-state index in [9.17, 15) is 27.9 Å². The number of esters is 2. The third-order valence-electron chi connectivity index (χ3n) is 2.34. The zero-order chi connectivity index (χ0) is 14.8. The number of carbonyl (C=O) groups excluding carboxylic acids is 2. The molecule has 1 rings (SSSR count). The molecule has 9 heteroatoms. The second-order valence-electron chi connectivity index (χ2n) is 4.01. The molecule has 0 saturated carbocycles. The maximum atomic E-state index is 12.8. The lowest BCUT2D eigenvalue weighted by atomic mass is 10.0. The molecule has 1 fully saturated rings. The molecule has 1 aliphatic rings. The second-order valence-corrected chi connectivity index (χ2v) is 4.01. The molecular weight excluding hydrogens is 273 g/mol. The van der Waals surface area contributed by atoms with Gasteiger partial charge < -0.3 is 19.3 Å². The zero-order valence-corrected chi connectivity index (χ0v) is 10.1. The minimum Gasteiger partial charge on any atom is -0.458 e. The van der Waals surface area contributed by atoms with Crippen LogP contribution in [0.25, 0.3) is 0 Å². The number of rotatable bonds is 2. The third kappa shape index (κ3) is 4.35. The van der Waals surface area contributed by atoms with Crippen LogP contribution in [0.2, 0.25) is 0 Å². The third-order valence-corrected chi connectivity index (χ3v) is 2.34. The largest absolute Gasteiger partial charge is 0.458 e. The topological polar surface area (TPSA) is 82.1 Å². The monoisotopic (exact) mass is 286 g/mol. The highest BCUT2D eigenvalue weighted by atomic mass is 19.4.